The van der Waals surface area contributed by atoms with Crippen LogP contribution in [0.25, 0.3) is 0 Å². The van der Waals surface area contributed by atoms with E-state index in [2.05, 4.69) is 20.8 Å². The maximum Gasteiger partial charge on any atom is 0.305 e. The molecule has 6 unspecified atom stereocenters. The zero-order valence-corrected chi connectivity index (χ0v) is 18.9. The zero-order valence-electron chi connectivity index (χ0n) is 18.9. The third kappa shape index (κ3) is 3.46. The lowest BCUT2D eigenvalue weighted by molar-refractivity contribution is -0.174. The smallest absolute Gasteiger partial charge is 0.305 e. The van der Waals surface area contributed by atoms with Crippen LogP contribution in [0, 0.1) is 46.3 Å². The maximum absolute atomic E-state index is 11.6. The van der Waals surface area contributed by atoms with Gasteiger partial charge in [0.2, 0.25) is 0 Å². The lowest BCUT2D eigenvalue weighted by Gasteiger charge is -2.62. The number of hydrogen-bond acceptors (Lipinski definition) is 4. The molecule has 29 heavy (non-hydrogen) atoms. The monoisotopic (exact) mass is 406 g/mol. The summed E-state index contributed by atoms with van der Waals surface area (Å²) in [5.74, 6) is 3.17. The number of aliphatic hydroxyl groups excluding tert-OH is 2. The van der Waals surface area contributed by atoms with Crippen molar-refractivity contribution >= 4 is 5.97 Å². The molecule has 0 amide bonds. The SMILES string of the molecule is COC(=O)CC[C@@H](C)[C@H]1CCC2C3C(CCC21C)C1(C)CC[C@@H](O)CC1C[C@@H]3O. The van der Waals surface area contributed by atoms with Crippen LogP contribution >= 0.6 is 0 Å². The number of hydrogen-bond donors (Lipinski definition) is 2. The van der Waals surface area contributed by atoms with Crippen molar-refractivity contribution in [2.24, 2.45) is 46.3 Å². The molecule has 4 heteroatoms. The summed E-state index contributed by atoms with van der Waals surface area (Å²) in [5.41, 5.74) is 0.577. The highest BCUT2D eigenvalue weighted by atomic mass is 16.5. The Morgan fingerprint density at radius 2 is 1.72 bits per heavy atom. The molecule has 0 aromatic rings. The largest absolute Gasteiger partial charge is 0.469 e. The molecule has 4 nitrogen and oxygen atoms in total. The van der Waals surface area contributed by atoms with Gasteiger partial charge in [-0.2, -0.15) is 0 Å². The van der Waals surface area contributed by atoms with E-state index in [1.807, 2.05) is 0 Å². The van der Waals surface area contributed by atoms with E-state index in [-0.39, 0.29) is 23.6 Å². The Hall–Kier alpha value is -0.610. The van der Waals surface area contributed by atoms with Crippen LogP contribution < -0.4 is 0 Å². The molecule has 0 heterocycles. The van der Waals surface area contributed by atoms with Gasteiger partial charge in [0.05, 0.1) is 19.3 Å². The number of fused-ring (bicyclic) bond motifs is 5. The van der Waals surface area contributed by atoms with Crippen molar-refractivity contribution in [3.05, 3.63) is 0 Å². The van der Waals surface area contributed by atoms with Crippen molar-refractivity contribution in [2.75, 3.05) is 7.11 Å². The first-order valence-electron chi connectivity index (χ1n) is 12.1. The molecule has 0 radical (unpaired) electrons. The van der Waals surface area contributed by atoms with Crippen molar-refractivity contribution in [3.63, 3.8) is 0 Å². The molecule has 0 bridgehead atoms. The third-order valence-electron chi connectivity index (χ3n) is 10.4. The molecule has 166 valence electrons. The minimum Gasteiger partial charge on any atom is -0.469 e. The Morgan fingerprint density at radius 3 is 2.45 bits per heavy atom. The van der Waals surface area contributed by atoms with Crippen LogP contribution in [0.5, 0.6) is 0 Å². The number of aliphatic hydroxyl groups is 2. The second kappa shape index (κ2) is 7.82. The summed E-state index contributed by atoms with van der Waals surface area (Å²) in [6.07, 6.45) is 9.80. The van der Waals surface area contributed by atoms with Gasteiger partial charge in [-0.1, -0.05) is 20.8 Å². The fraction of sp³-hybridized carbons (Fsp3) is 0.960. The molecule has 4 aliphatic carbocycles. The van der Waals surface area contributed by atoms with E-state index in [9.17, 15) is 15.0 Å². The average molecular weight is 407 g/mol. The number of rotatable bonds is 4. The normalized spacial score (nSPS) is 50.2. The molecule has 0 aliphatic heterocycles. The quantitative estimate of drug-likeness (QED) is 0.671. The van der Waals surface area contributed by atoms with Gasteiger partial charge >= 0.3 is 5.97 Å². The lowest BCUT2D eigenvalue weighted by Crippen LogP contribution is -2.58. The fourth-order valence-electron chi connectivity index (χ4n) is 8.82. The van der Waals surface area contributed by atoms with Gasteiger partial charge in [-0.05, 0) is 104 Å². The Bertz CT molecular complexity index is 620. The first-order valence-corrected chi connectivity index (χ1v) is 12.1. The summed E-state index contributed by atoms with van der Waals surface area (Å²) in [5, 5.41) is 21.5. The van der Waals surface area contributed by atoms with E-state index >= 15 is 0 Å². The van der Waals surface area contributed by atoms with Crippen molar-refractivity contribution in [1.29, 1.82) is 0 Å². The van der Waals surface area contributed by atoms with Crippen LogP contribution in [0.1, 0.15) is 85.0 Å². The van der Waals surface area contributed by atoms with E-state index in [1.165, 1.54) is 32.8 Å². The topological polar surface area (TPSA) is 66.8 Å². The third-order valence-corrected chi connectivity index (χ3v) is 10.4. The molecule has 10 atom stereocenters. The van der Waals surface area contributed by atoms with Crippen LogP contribution in [0.3, 0.4) is 0 Å². The zero-order chi connectivity index (χ0) is 21.0. The highest BCUT2D eigenvalue weighted by molar-refractivity contribution is 5.69. The fourth-order valence-corrected chi connectivity index (χ4v) is 8.82. The maximum atomic E-state index is 11.6. The van der Waals surface area contributed by atoms with Gasteiger partial charge in [-0.3, -0.25) is 4.79 Å². The second-order valence-corrected chi connectivity index (χ2v) is 11.5. The molecule has 4 fully saturated rings. The molecule has 4 aliphatic rings. The first-order chi connectivity index (χ1) is 13.7. The Kier molecular flexibility index (Phi) is 5.83. The number of esters is 1. The molecule has 0 spiro atoms. The van der Waals surface area contributed by atoms with E-state index in [1.54, 1.807) is 0 Å². The van der Waals surface area contributed by atoms with Gasteiger partial charge in [0.1, 0.15) is 0 Å². The van der Waals surface area contributed by atoms with Gasteiger partial charge < -0.3 is 14.9 Å². The van der Waals surface area contributed by atoms with E-state index in [0.717, 1.165) is 32.1 Å². The van der Waals surface area contributed by atoms with Gasteiger partial charge in [0.15, 0.2) is 0 Å². The van der Waals surface area contributed by atoms with E-state index in [4.69, 9.17) is 4.74 Å². The predicted octanol–water partition coefficient (Wildman–Crippen LogP) is 4.57. The lowest BCUT2D eigenvalue weighted by atomic mass is 9.43. The second-order valence-electron chi connectivity index (χ2n) is 11.5. The molecule has 4 saturated carbocycles. The highest BCUT2D eigenvalue weighted by Gasteiger charge is 2.62. The number of methoxy groups -OCH3 is 1. The first kappa shape index (κ1) is 21.6. The molecule has 4 rings (SSSR count). The molecule has 0 aromatic heterocycles. The number of ether oxygens (including phenoxy) is 1. The van der Waals surface area contributed by atoms with Gasteiger partial charge in [-0.25, -0.2) is 0 Å². The summed E-state index contributed by atoms with van der Waals surface area (Å²) >= 11 is 0. The molecular formula is C25H42O4. The number of carbonyl (C=O) groups excluding carboxylic acids is 1. The van der Waals surface area contributed by atoms with Crippen LogP contribution in [0.15, 0.2) is 0 Å². The molecular weight excluding hydrogens is 364 g/mol. The van der Waals surface area contributed by atoms with Crippen molar-refractivity contribution < 1.29 is 19.7 Å². The average Bonchev–Trinajstić information content (AvgIpc) is 3.04. The highest BCUT2D eigenvalue weighted by Crippen LogP contribution is 2.68. The predicted molar refractivity (Wildman–Crippen MR) is 113 cm³/mol. The van der Waals surface area contributed by atoms with Gasteiger partial charge in [0.25, 0.3) is 0 Å². The van der Waals surface area contributed by atoms with Crippen LogP contribution in [0.2, 0.25) is 0 Å². The van der Waals surface area contributed by atoms with Crippen LogP contribution in [-0.4, -0.2) is 35.5 Å². The summed E-state index contributed by atoms with van der Waals surface area (Å²) in [4.78, 5) is 11.6. The number of carbonyl (C=O) groups is 1. The summed E-state index contributed by atoms with van der Waals surface area (Å²) in [6.45, 7) is 7.29. The Labute approximate surface area is 176 Å². The van der Waals surface area contributed by atoms with Crippen LogP contribution in [-0.2, 0) is 9.53 Å². The van der Waals surface area contributed by atoms with Crippen LogP contribution in [0.4, 0.5) is 0 Å². The van der Waals surface area contributed by atoms with Gasteiger partial charge in [0, 0.05) is 6.42 Å². The summed E-state index contributed by atoms with van der Waals surface area (Å²) in [7, 11) is 1.48. The molecule has 0 saturated heterocycles. The van der Waals surface area contributed by atoms with Crippen molar-refractivity contribution in [2.45, 2.75) is 97.2 Å². The van der Waals surface area contributed by atoms with E-state index < -0.39 is 0 Å². The van der Waals surface area contributed by atoms with Crippen molar-refractivity contribution in [1.82, 2.24) is 0 Å². The summed E-state index contributed by atoms with van der Waals surface area (Å²) < 4.78 is 4.86. The standard InChI is InChI=1S/C25H42O4/c1-15(5-8-22(28)29-4)18-6-7-19-23-20(10-12-25(18,19)3)24(2)11-9-17(26)13-16(24)14-21(23)27/h15-21,23,26-27H,5-14H2,1-4H3/t15-,16?,17-,18-,19?,20?,21+,23?,24?,25?/m1/s1. The minimum atomic E-state index is -0.211. The minimum absolute atomic E-state index is 0.0959. The molecule has 0 aromatic carbocycles. The molecule has 2 N–H and O–H groups in total. The summed E-state index contributed by atoms with van der Waals surface area (Å²) in [6, 6.07) is 0. The van der Waals surface area contributed by atoms with Gasteiger partial charge in [-0.15, -0.1) is 0 Å². The van der Waals surface area contributed by atoms with E-state index in [0.29, 0.717) is 47.3 Å². The van der Waals surface area contributed by atoms with Crippen molar-refractivity contribution in [3.8, 4) is 0 Å². The Morgan fingerprint density at radius 1 is 1.03 bits per heavy atom. The Balaban J connectivity index is 1.53.